The van der Waals surface area contributed by atoms with E-state index in [-0.39, 0.29) is 6.04 Å². The van der Waals surface area contributed by atoms with Gasteiger partial charge < -0.3 is 5.32 Å². The van der Waals surface area contributed by atoms with Gasteiger partial charge in [0.2, 0.25) is 0 Å². The van der Waals surface area contributed by atoms with Crippen molar-refractivity contribution in [2.45, 2.75) is 23.0 Å². The Balaban J connectivity index is 1.66. The second-order valence-corrected chi connectivity index (χ2v) is 5.72. The van der Waals surface area contributed by atoms with Crippen molar-refractivity contribution in [2.75, 3.05) is 5.32 Å². The van der Waals surface area contributed by atoms with Gasteiger partial charge in [0.15, 0.2) is 5.16 Å². The number of hydrogen-bond donors (Lipinski definition) is 2. The molecule has 2 heterocycles. The van der Waals surface area contributed by atoms with Crippen LogP contribution in [-0.4, -0.2) is 25.0 Å². The number of rotatable bonds is 5. The number of H-pyrrole nitrogens is 1. The third-order valence-electron chi connectivity index (χ3n) is 3.15. The fourth-order valence-electron chi connectivity index (χ4n) is 2.11. The second-order valence-electron chi connectivity index (χ2n) is 4.66. The normalized spacial score (nSPS) is 12.3. The Kier molecular flexibility index (Phi) is 3.92. The Labute approximate surface area is 127 Å². The molecule has 0 amide bonds. The maximum absolute atomic E-state index is 4.19. The Morgan fingerprint density at radius 1 is 1.24 bits per heavy atom. The lowest BCUT2D eigenvalue weighted by Crippen LogP contribution is -2.11. The van der Waals surface area contributed by atoms with Crippen LogP contribution in [0.2, 0.25) is 0 Å². The van der Waals surface area contributed by atoms with Crippen LogP contribution in [0.4, 0.5) is 5.69 Å². The first-order chi connectivity index (χ1) is 10.2. The van der Waals surface area contributed by atoms with Crippen LogP contribution in [0.1, 0.15) is 18.7 Å². The van der Waals surface area contributed by atoms with Gasteiger partial charge in [-0.2, -0.15) is 10.2 Å². The zero-order valence-electron chi connectivity index (χ0n) is 11.8. The summed E-state index contributed by atoms with van der Waals surface area (Å²) >= 11 is 1.55. The van der Waals surface area contributed by atoms with Crippen LogP contribution >= 0.6 is 11.8 Å². The molecule has 0 aliphatic heterocycles. The SMILES string of the molecule is CC(Nc1ccc(Sc2ncn[nH]2)cc1)c1ccnn1C. The van der Waals surface area contributed by atoms with Gasteiger partial charge >= 0.3 is 0 Å². The van der Waals surface area contributed by atoms with Crippen LogP contribution in [0.3, 0.4) is 0 Å². The molecule has 0 fully saturated rings. The first-order valence-electron chi connectivity index (χ1n) is 6.60. The van der Waals surface area contributed by atoms with E-state index in [2.05, 4.69) is 56.8 Å². The van der Waals surface area contributed by atoms with E-state index in [0.717, 1.165) is 21.4 Å². The van der Waals surface area contributed by atoms with Crippen molar-refractivity contribution in [3.63, 3.8) is 0 Å². The molecule has 108 valence electrons. The topological polar surface area (TPSA) is 71.4 Å². The molecule has 0 bridgehead atoms. The molecule has 1 atom stereocenters. The smallest absolute Gasteiger partial charge is 0.188 e. The molecule has 3 aromatic rings. The maximum atomic E-state index is 4.19. The summed E-state index contributed by atoms with van der Waals surface area (Å²) in [6.45, 7) is 2.12. The second kappa shape index (κ2) is 6.01. The number of anilines is 1. The minimum absolute atomic E-state index is 0.199. The van der Waals surface area contributed by atoms with Gasteiger partial charge in [-0.3, -0.25) is 9.78 Å². The lowest BCUT2D eigenvalue weighted by atomic mass is 10.2. The summed E-state index contributed by atoms with van der Waals surface area (Å²) in [6, 6.07) is 10.5. The Hall–Kier alpha value is -2.28. The van der Waals surface area contributed by atoms with Crippen LogP contribution in [0.25, 0.3) is 0 Å². The molecule has 3 rings (SSSR count). The maximum Gasteiger partial charge on any atom is 0.188 e. The van der Waals surface area contributed by atoms with Gasteiger partial charge in [0.1, 0.15) is 6.33 Å². The molecule has 0 aliphatic carbocycles. The predicted octanol–water partition coefficient (Wildman–Crippen LogP) is 2.86. The van der Waals surface area contributed by atoms with Gasteiger partial charge in [0.25, 0.3) is 0 Å². The Morgan fingerprint density at radius 3 is 2.67 bits per heavy atom. The summed E-state index contributed by atoms with van der Waals surface area (Å²) in [6.07, 6.45) is 3.32. The van der Waals surface area contributed by atoms with Gasteiger partial charge in [-0.05, 0) is 37.3 Å². The largest absolute Gasteiger partial charge is 0.377 e. The fourth-order valence-corrected chi connectivity index (χ4v) is 2.80. The first kappa shape index (κ1) is 13.7. The van der Waals surface area contributed by atoms with Crippen LogP contribution in [0.5, 0.6) is 0 Å². The highest BCUT2D eigenvalue weighted by Gasteiger charge is 2.09. The minimum atomic E-state index is 0.199. The van der Waals surface area contributed by atoms with E-state index in [4.69, 9.17) is 0 Å². The molecule has 6 nitrogen and oxygen atoms in total. The van der Waals surface area contributed by atoms with E-state index in [9.17, 15) is 0 Å². The molecular formula is C14H16N6S. The van der Waals surface area contributed by atoms with Crippen LogP contribution < -0.4 is 5.32 Å². The first-order valence-corrected chi connectivity index (χ1v) is 7.42. The van der Waals surface area contributed by atoms with E-state index in [1.807, 2.05) is 24.0 Å². The van der Waals surface area contributed by atoms with Crippen molar-refractivity contribution < 1.29 is 0 Å². The molecule has 1 aromatic carbocycles. The number of aryl methyl sites for hydroxylation is 1. The molecule has 2 N–H and O–H groups in total. The average Bonchev–Trinajstić information content (AvgIpc) is 3.12. The third-order valence-corrected chi connectivity index (χ3v) is 4.05. The standard InChI is InChI=1S/C14H16N6S/c1-10(13-7-8-17-20(13)2)18-11-3-5-12(6-4-11)21-14-15-9-16-19-14/h3-10,18H,1-2H3,(H,15,16,19). The molecular weight excluding hydrogens is 284 g/mol. The van der Waals surface area contributed by atoms with Crippen molar-refractivity contribution in [2.24, 2.45) is 7.05 Å². The lowest BCUT2D eigenvalue weighted by Gasteiger charge is -2.15. The summed E-state index contributed by atoms with van der Waals surface area (Å²) in [5.74, 6) is 0. The van der Waals surface area contributed by atoms with Gasteiger partial charge in [-0.15, -0.1) is 0 Å². The molecule has 1 unspecified atom stereocenters. The Morgan fingerprint density at radius 2 is 2.05 bits per heavy atom. The van der Waals surface area contributed by atoms with Crippen LogP contribution in [0, 0.1) is 0 Å². The molecule has 0 aliphatic rings. The fraction of sp³-hybridized carbons (Fsp3) is 0.214. The van der Waals surface area contributed by atoms with E-state index in [1.54, 1.807) is 11.8 Å². The van der Waals surface area contributed by atoms with Crippen molar-refractivity contribution in [3.05, 3.63) is 48.5 Å². The van der Waals surface area contributed by atoms with Crippen molar-refractivity contribution >= 4 is 17.4 Å². The zero-order valence-corrected chi connectivity index (χ0v) is 12.6. The molecule has 0 saturated carbocycles. The number of aromatic nitrogens is 5. The summed E-state index contributed by atoms with van der Waals surface area (Å²) in [4.78, 5) is 5.21. The molecule has 2 aromatic heterocycles. The average molecular weight is 300 g/mol. The van der Waals surface area contributed by atoms with E-state index in [0.29, 0.717) is 0 Å². The van der Waals surface area contributed by atoms with Gasteiger partial charge in [0.05, 0.1) is 11.7 Å². The van der Waals surface area contributed by atoms with Gasteiger partial charge in [-0.1, -0.05) is 11.8 Å². The molecule has 0 saturated heterocycles. The number of hydrogen-bond acceptors (Lipinski definition) is 5. The summed E-state index contributed by atoms with van der Waals surface area (Å²) in [5, 5.41) is 15.1. The van der Waals surface area contributed by atoms with E-state index in [1.165, 1.54) is 6.33 Å². The highest BCUT2D eigenvalue weighted by molar-refractivity contribution is 7.99. The molecule has 0 spiro atoms. The number of benzene rings is 1. The van der Waals surface area contributed by atoms with E-state index < -0.39 is 0 Å². The zero-order chi connectivity index (χ0) is 14.7. The van der Waals surface area contributed by atoms with Crippen molar-refractivity contribution in [1.82, 2.24) is 25.0 Å². The minimum Gasteiger partial charge on any atom is -0.377 e. The summed E-state index contributed by atoms with van der Waals surface area (Å²) in [7, 11) is 1.95. The van der Waals surface area contributed by atoms with Crippen LogP contribution in [-0.2, 0) is 7.05 Å². The predicted molar refractivity (Wildman–Crippen MR) is 82.2 cm³/mol. The van der Waals surface area contributed by atoms with Gasteiger partial charge in [0, 0.05) is 23.8 Å². The third kappa shape index (κ3) is 3.25. The highest BCUT2D eigenvalue weighted by atomic mass is 32.2. The van der Waals surface area contributed by atoms with Crippen molar-refractivity contribution in [3.8, 4) is 0 Å². The quantitative estimate of drug-likeness (QED) is 0.758. The number of nitrogens with one attached hydrogen (secondary N) is 2. The summed E-state index contributed by atoms with van der Waals surface area (Å²) in [5.41, 5.74) is 2.22. The van der Waals surface area contributed by atoms with Gasteiger partial charge in [-0.25, -0.2) is 4.98 Å². The van der Waals surface area contributed by atoms with Crippen molar-refractivity contribution in [1.29, 1.82) is 0 Å². The number of nitrogens with zero attached hydrogens (tertiary/aromatic N) is 4. The Bertz CT molecular complexity index is 689. The number of aromatic amines is 1. The lowest BCUT2D eigenvalue weighted by molar-refractivity contribution is 0.676. The van der Waals surface area contributed by atoms with Crippen LogP contribution in [0.15, 0.2) is 52.9 Å². The van der Waals surface area contributed by atoms with E-state index >= 15 is 0 Å². The monoisotopic (exact) mass is 300 g/mol. The summed E-state index contributed by atoms with van der Waals surface area (Å²) < 4.78 is 1.88. The highest BCUT2D eigenvalue weighted by Crippen LogP contribution is 2.26. The molecule has 0 radical (unpaired) electrons. The molecule has 21 heavy (non-hydrogen) atoms. The molecule has 7 heteroatoms.